The number of rotatable bonds is 6. The zero-order chi connectivity index (χ0) is 25.4. The van der Waals surface area contributed by atoms with Gasteiger partial charge in [0.1, 0.15) is 12.3 Å². The Morgan fingerprint density at radius 1 is 1.11 bits per heavy atom. The highest BCUT2D eigenvalue weighted by atomic mass is 32.2. The summed E-state index contributed by atoms with van der Waals surface area (Å²) in [6, 6.07) is 9.16. The summed E-state index contributed by atoms with van der Waals surface area (Å²) in [4.78, 5) is 61.6. The summed E-state index contributed by atoms with van der Waals surface area (Å²) in [6.45, 7) is -0.525. The predicted octanol–water partition coefficient (Wildman–Crippen LogP) is 2.47. The molecule has 1 aliphatic rings. The lowest BCUT2D eigenvalue weighted by molar-refractivity contribution is -0.385. The SMILES string of the molecule is COc1ccc(NC(=O)CN2C(=O)S/C(=C\c3cc4c(cc3[N+](=O)[O-])n(C)c(=O)n4C)C2=O)cc1. The molecule has 1 N–H and O–H groups in total. The van der Waals surface area contributed by atoms with E-state index in [-0.39, 0.29) is 21.8 Å². The Balaban J connectivity index is 1.60. The fourth-order valence-electron chi connectivity index (χ4n) is 3.62. The van der Waals surface area contributed by atoms with Gasteiger partial charge in [-0.25, -0.2) is 4.79 Å². The molecule has 0 bridgehead atoms. The summed E-state index contributed by atoms with van der Waals surface area (Å²) in [5.41, 5.74) is 0.585. The smallest absolute Gasteiger partial charge is 0.328 e. The van der Waals surface area contributed by atoms with Gasteiger partial charge in [-0.2, -0.15) is 0 Å². The number of hydrogen-bond acceptors (Lipinski definition) is 8. The van der Waals surface area contributed by atoms with Crippen LogP contribution in [0.1, 0.15) is 5.56 Å². The fourth-order valence-corrected chi connectivity index (χ4v) is 4.45. The predicted molar refractivity (Wildman–Crippen MR) is 129 cm³/mol. The number of carbonyl (C=O) groups is 3. The van der Waals surface area contributed by atoms with Crippen molar-refractivity contribution in [2.45, 2.75) is 0 Å². The molecule has 1 aromatic heterocycles. The number of nitrogens with zero attached hydrogens (tertiary/aromatic N) is 4. The fraction of sp³-hybridized carbons (Fsp3) is 0.182. The number of aromatic nitrogens is 2. The van der Waals surface area contributed by atoms with E-state index in [0.717, 1.165) is 4.90 Å². The molecule has 1 fully saturated rings. The molecular weight excluding hydrogens is 478 g/mol. The molecule has 3 amide bonds. The van der Waals surface area contributed by atoms with Crippen molar-refractivity contribution in [3.8, 4) is 5.75 Å². The number of nitro groups is 1. The molecule has 0 radical (unpaired) electrons. The van der Waals surface area contributed by atoms with Crippen molar-refractivity contribution in [2.75, 3.05) is 19.0 Å². The zero-order valence-corrected chi connectivity index (χ0v) is 19.6. The lowest BCUT2D eigenvalue weighted by Gasteiger charge is -2.12. The summed E-state index contributed by atoms with van der Waals surface area (Å²) in [5.74, 6) is -0.742. The normalized spacial score (nSPS) is 14.7. The van der Waals surface area contributed by atoms with Crippen molar-refractivity contribution in [3.05, 3.63) is 67.5 Å². The van der Waals surface area contributed by atoms with Crippen LogP contribution in [-0.2, 0) is 23.7 Å². The average Bonchev–Trinajstić information content (AvgIpc) is 3.21. The lowest BCUT2D eigenvalue weighted by Crippen LogP contribution is -2.36. The number of carbonyl (C=O) groups excluding carboxylic acids is 3. The highest BCUT2D eigenvalue weighted by Gasteiger charge is 2.37. The zero-order valence-electron chi connectivity index (χ0n) is 18.8. The Bertz CT molecular complexity index is 1490. The topological polar surface area (TPSA) is 146 Å². The number of benzene rings is 2. The Morgan fingerprint density at radius 2 is 1.74 bits per heavy atom. The van der Waals surface area contributed by atoms with Gasteiger partial charge >= 0.3 is 5.69 Å². The molecule has 3 aromatic rings. The standard InChI is InChI=1S/C22H19N5O7S/c1-24-16-8-12(15(27(32)33)10-17(16)25(2)21(24)30)9-18-20(29)26(22(31)35-18)11-19(28)23-13-4-6-14(34-3)7-5-13/h4-10H,11H2,1-3H3,(H,23,28)/b18-9-. The highest BCUT2D eigenvalue weighted by molar-refractivity contribution is 8.18. The molecule has 13 heteroatoms. The van der Waals surface area contributed by atoms with E-state index in [1.54, 1.807) is 24.3 Å². The van der Waals surface area contributed by atoms with Crippen molar-refractivity contribution in [1.82, 2.24) is 14.0 Å². The van der Waals surface area contributed by atoms with Gasteiger partial charge in [0.2, 0.25) is 5.91 Å². The molecule has 1 aliphatic heterocycles. The third kappa shape index (κ3) is 4.40. The Hall–Kier alpha value is -4.39. The second kappa shape index (κ2) is 9.10. The van der Waals surface area contributed by atoms with Crippen LogP contribution in [0.15, 0.2) is 46.1 Å². The molecule has 0 spiro atoms. The van der Waals surface area contributed by atoms with Gasteiger partial charge in [0.25, 0.3) is 16.8 Å². The highest BCUT2D eigenvalue weighted by Crippen LogP contribution is 2.35. The molecule has 0 atom stereocenters. The van der Waals surface area contributed by atoms with Gasteiger partial charge in [-0.1, -0.05) is 0 Å². The molecule has 180 valence electrons. The number of aryl methyl sites for hydroxylation is 2. The van der Waals surface area contributed by atoms with E-state index in [2.05, 4.69) is 5.32 Å². The van der Waals surface area contributed by atoms with Crippen LogP contribution in [0, 0.1) is 10.1 Å². The maximum Gasteiger partial charge on any atom is 0.328 e. The first-order valence-corrected chi connectivity index (χ1v) is 11.0. The minimum atomic E-state index is -0.749. The monoisotopic (exact) mass is 497 g/mol. The minimum Gasteiger partial charge on any atom is -0.497 e. The average molecular weight is 497 g/mol. The second-order valence-corrected chi connectivity index (χ2v) is 8.60. The Kier molecular flexibility index (Phi) is 6.18. The molecule has 0 unspecified atom stereocenters. The third-order valence-electron chi connectivity index (χ3n) is 5.45. The van der Waals surface area contributed by atoms with Crippen LogP contribution >= 0.6 is 11.8 Å². The summed E-state index contributed by atoms with van der Waals surface area (Å²) < 4.78 is 7.66. The number of nitrogens with one attached hydrogen (secondary N) is 1. The number of imidazole rings is 1. The number of methoxy groups -OCH3 is 1. The van der Waals surface area contributed by atoms with Crippen LogP contribution in [0.2, 0.25) is 0 Å². The Morgan fingerprint density at radius 3 is 2.34 bits per heavy atom. The van der Waals surface area contributed by atoms with Gasteiger partial charge in [-0.3, -0.25) is 38.5 Å². The van der Waals surface area contributed by atoms with Crippen molar-refractivity contribution < 1.29 is 24.0 Å². The Labute approximate surface area is 201 Å². The second-order valence-electron chi connectivity index (χ2n) is 7.60. The molecular formula is C22H19N5O7S. The first-order valence-electron chi connectivity index (χ1n) is 10.1. The number of ether oxygens (including phenoxy) is 1. The van der Waals surface area contributed by atoms with Gasteiger partial charge in [-0.05, 0) is 48.2 Å². The van der Waals surface area contributed by atoms with E-state index in [4.69, 9.17) is 4.74 Å². The number of fused-ring (bicyclic) bond motifs is 1. The lowest BCUT2D eigenvalue weighted by atomic mass is 10.1. The number of anilines is 1. The molecule has 35 heavy (non-hydrogen) atoms. The van der Waals surface area contributed by atoms with Crippen LogP contribution in [0.5, 0.6) is 5.75 Å². The number of nitro benzene ring substituents is 1. The van der Waals surface area contributed by atoms with Gasteiger partial charge in [0.15, 0.2) is 0 Å². The molecule has 0 aliphatic carbocycles. The quantitative estimate of drug-likeness (QED) is 0.310. The summed E-state index contributed by atoms with van der Waals surface area (Å²) in [5, 5.41) is 13.6. The van der Waals surface area contributed by atoms with E-state index in [9.17, 15) is 29.3 Å². The van der Waals surface area contributed by atoms with Gasteiger partial charge < -0.3 is 10.1 Å². The van der Waals surface area contributed by atoms with Crippen molar-refractivity contribution in [2.24, 2.45) is 14.1 Å². The maximum atomic E-state index is 12.9. The van der Waals surface area contributed by atoms with Crippen LogP contribution in [0.25, 0.3) is 17.1 Å². The summed E-state index contributed by atoms with van der Waals surface area (Å²) in [6.07, 6.45) is 1.22. The van der Waals surface area contributed by atoms with Gasteiger partial charge in [0.05, 0.1) is 33.5 Å². The van der Waals surface area contributed by atoms with Crippen LogP contribution in [0.3, 0.4) is 0 Å². The van der Waals surface area contributed by atoms with Crippen molar-refractivity contribution in [1.29, 1.82) is 0 Å². The number of imide groups is 1. The molecule has 4 rings (SSSR count). The van der Waals surface area contributed by atoms with Crippen LogP contribution in [-0.4, -0.2) is 49.7 Å². The molecule has 2 aromatic carbocycles. The first-order chi connectivity index (χ1) is 16.6. The number of amides is 3. The van der Waals surface area contributed by atoms with Gasteiger partial charge in [0, 0.05) is 25.8 Å². The first kappa shape index (κ1) is 23.8. The molecule has 1 saturated heterocycles. The third-order valence-corrected chi connectivity index (χ3v) is 6.36. The molecule has 12 nitrogen and oxygen atoms in total. The van der Waals surface area contributed by atoms with E-state index in [1.165, 1.54) is 48.5 Å². The molecule has 0 saturated carbocycles. The van der Waals surface area contributed by atoms with Gasteiger partial charge in [-0.15, -0.1) is 0 Å². The van der Waals surface area contributed by atoms with E-state index < -0.39 is 28.5 Å². The number of thioether (sulfide) groups is 1. The summed E-state index contributed by atoms with van der Waals surface area (Å²) in [7, 11) is 4.53. The van der Waals surface area contributed by atoms with Crippen molar-refractivity contribution in [3.63, 3.8) is 0 Å². The summed E-state index contributed by atoms with van der Waals surface area (Å²) >= 11 is 0.574. The van der Waals surface area contributed by atoms with E-state index in [0.29, 0.717) is 34.2 Å². The molecule has 2 heterocycles. The van der Waals surface area contributed by atoms with Crippen molar-refractivity contribution >= 4 is 57.3 Å². The maximum absolute atomic E-state index is 12.9. The minimum absolute atomic E-state index is 0.0527. The number of hydrogen-bond donors (Lipinski definition) is 1. The van der Waals surface area contributed by atoms with E-state index >= 15 is 0 Å². The van der Waals surface area contributed by atoms with E-state index in [1.807, 2.05) is 0 Å². The largest absolute Gasteiger partial charge is 0.497 e. The van der Waals surface area contributed by atoms with Crippen LogP contribution < -0.4 is 15.7 Å². The van der Waals surface area contributed by atoms with Crippen LogP contribution in [0.4, 0.5) is 16.2 Å².